The Hall–Kier alpha value is -2.32. The number of carbonyl (C=O) groups excluding carboxylic acids is 2. The van der Waals surface area contributed by atoms with Gasteiger partial charge in [0.2, 0.25) is 5.91 Å². The van der Waals surface area contributed by atoms with Crippen molar-refractivity contribution >= 4 is 11.8 Å². The van der Waals surface area contributed by atoms with Crippen molar-refractivity contribution < 1.29 is 9.59 Å². The molecule has 1 aromatic carbocycles. The predicted octanol–water partition coefficient (Wildman–Crippen LogP) is 0.301. The summed E-state index contributed by atoms with van der Waals surface area (Å²) >= 11 is 0. The quantitative estimate of drug-likeness (QED) is 0.531. The molecule has 0 aromatic heterocycles. The summed E-state index contributed by atoms with van der Waals surface area (Å²) in [4.78, 5) is 22.5. The van der Waals surface area contributed by atoms with E-state index in [2.05, 4.69) is 17.2 Å². The summed E-state index contributed by atoms with van der Waals surface area (Å²) in [6.07, 6.45) is 0.813. The molecule has 0 aliphatic heterocycles. The van der Waals surface area contributed by atoms with Crippen LogP contribution in [0.2, 0.25) is 0 Å². The lowest BCUT2D eigenvalue weighted by Gasteiger charge is -2.06. The van der Waals surface area contributed by atoms with Gasteiger partial charge in [-0.3, -0.25) is 9.59 Å². The molecule has 1 aromatic rings. The second kappa shape index (κ2) is 7.97. The maximum Gasteiger partial charge on any atom is 0.251 e. The van der Waals surface area contributed by atoms with Crippen LogP contribution in [0.25, 0.3) is 0 Å². The first-order chi connectivity index (χ1) is 9.54. The standard InChI is InChI=1S/C15H19N3O2/c1-11-10-13(7-6-12(11)4-2-8-16)15(20)18-9-3-5-14(17)19/h6-7,10H,3,5,8-9,16H2,1H3,(H2,17,19)(H,18,20). The lowest BCUT2D eigenvalue weighted by Crippen LogP contribution is -2.25. The van der Waals surface area contributed by atoms with Crippen LogP contribution in [-0.2, 0) is 4.79 Å². The van der Waals surface area contributed by atoms with Crippen LogP contribution in [0.1, 0.15) is 34.3 Å². The highest BCUT2D eigenvalue weighted by atomic mass is 16.2. The molecule has 5 N–H and O–H groups in total. The van der Waals surface area contributed by atoms with E-state index in [4.69, 9.17) is 11.5 Å². The highest BCUT2D eigenvalue weighted by Crippen LogP contribution is 2.10. The van der Waals surface area contributed by atoms with Crippen LogP contribution in [0.15, 0.2) is 18.2 Å². The minimum absolute atomic E-state index is 0.170. The van der Waals surface area contributed by atoms with Gasteiger partial charge in [-0.2, -0.15) is 0 Å². The van der Waals surface area contributed by atoms with Gasteiger partial charge in [0.15, 0.2) is 0 Å². The number of hydrogen-bond acceptors (Lipinski definition) is 3. The van der Waals surface area contributed by atoms with Crippen LogP contribution in [0.5, 0.6) is 0 Å². The first-order valence-corrected chi connectivity index (χ1v) is 6.40. The van der Waals surface area contributed by atoms with Crippen LogP contribution < -0.4 is 16.8 Å². The normalized spacial score (nSPS) is 9.50. The number of amides is 2. The van der Waals surface area contributed by atoms with Crippen molar-refractivity contribution in [2.75, 3.05) is 13.1 Å². The van der Waals surface area contributed by atoms with E-state index >= 15 is 0 Å². The SMILES string of the molecule is Cc1cc(C(=O)NCCCC(N)=O)ccc1C#CCN. The summed E-state index contributed by atoms with van der Waals surface area (Å²) in [5.74, 6) is 5.19. The molecule has 2 amide bonds. The largest absolute Gasteiger partial charge is 0.370 e. The molecule has 0 saturated carbocycles. The molecule has 0 bridgehead atoms. The zero-order chi connectivity index (χ0) is 15.0. The molecule has 0 spiro atoms. The number of carbonyl (C=O) groups is 2. The minimum atomic E-state index is -0.363. The Balaban J connectivity index is 2.61. The molecular formula is C15H19N3O2. The van der Waals surface area contributed by atoms with E-state index in [-0.39, 0.29) is 18.2 Å². The lowest BCUT2D eigenvalue weighted by molar-refractivity contribution is -0.118. The fourth-order valence-corrected chi connectivity index (χ4v) is 1.66. The van der Waals surface area contributed by atoms with Gasteiger partial charge in [0.05, 0.1) is 6.54 Å². The average Bonchev–Trinajstić information content (AvgIpc) is 2.41. The van der Waals surface area contributed by atoms with Crippen molar-refractivity contribution in [3.63, 3.8) is 0 Å². The molecule has 0 aliphatic rings. The fourth-order valence-electron chi connectivity index (χ4n) is 1.66. The first-order valence-electron chi connectivity index (χ1n) is 6.40. The van der Waals surface area contributed by atoms with Crippen molar-refractivity contribution in [2.24, 2.45) is 11.5 Å². The van der Waals surface area contributed by atoms with Gasteiger partial charge in [-0.05, 0) is 37.1 Å². The van der Waals surface area contributed by atoms with E-state index in [1.807, 2.05) is 6.92 Å². The highest BCUT2D eigenvalue weighted by Gasteiger charge is 2.06. The zero-order valence-corrected chi connectivity index (χ0v) is 11.5. The number of nitrogens with one attached hydrogen (secondary N) is 1. The number of nitrogens with two attached hydrogens (primary N) is 2. The third-order valence-electron chi connectivity index (χ3n) is 2.70. The molecule has 5 nitrogen and oxygen atoms in total. The van der Waals surface area contributed by atoms with Gasteiger partial charge in [0.25, 0.3) is 5.91 Å². The Kier molecular flexibility index (Phi) is 6.27. The third kappa shape index (κ3) is 5.12. The molecule has 0 unspecified atom stereocenters. The topological polar surface area (TPSA) is 98.2 Å². The fraction of sp³-hybridized carbons (Fsp3) is 0.333. The molecule has 0 fully saturated rings. The van der Waals surface area contributed by atoms with E-state index in [0.717, 1.165) is 11.1 Å². The smallest absolute Gasteiger partial charge is 0.251 e. The van der Waals surface area contributed by atoms with Crippen LogP contribution in [0.3, 0.4) is 0 Å². The molecule has 1 rings (SSSR count). The average molecular weight is 273 g/mol. The number of aryl methyl sites for hydroxylation is 1. The van der Waals surface area contributed by atoms with E-state index in [1.165, 1.54) is 0 Å². The van der Waals surface area contributed by atoms with Crippen LogP contribution in [0.4, 0.5) is 0 Å². The summed E-state index contributed by atoms with van der Waals surface area (Å²) in [5, 5.41) is 2.74. The summed E-state index contributed by atoms with van der Waals surface area (Å²) < 4.78 is 0. The second-order valence-electron chi connectivity index (χ2n) is 4.36. The van der Waals surface area contributed by atoms with Crippen molar-refractivity contribution in [3.8, 4) is 11.8 Å². The van der Waals surface area contributed by atoms with Gasteiger partial charge in [0.1, 0.15) is 0 Å². The summed E-state index contributed by atoms with van der Waals surface area (Å²) in [6, 6.07) is 5.30. The van der Waals surface area contributed by atoms with E-state index in [0.29, 0.717) is 25.1 Å². The molecule has 0 radical (unpaired) electrons. The summed E-state index contributed by atoms with van der Waals surface area (Å²) in [6.45, 7) is 2.63. The molecular weight excluding hydrogens is 254 g/mol. The molecule has 5 heteroatoms. The zero-order valence-electron chi connectivity index (χ0n) is 11.5. The maximum atomic E-state index is 11.9. The predicted molar refractivity (Wildman–Crippen MR) is 77.9 cm³/mol. The van der Waals surface area contributed by atoms with Crippen LogP contribution in [-0.4, -0.2) is 24.9 Å². The molecule has 0 heterocycles. The Labute approximate surface area is 118 Å². The molecule has 0 atom stereocenters. The molecule has 0 saturated heterocycles. The van der Waals surface area contributed by atoms with Crippen LogP contribution in [0, 0.1) is 18.8 Å². The van der Waals surface area contributed by atoms with Crippen molar-refractivity contribution in [1.82, 2.24) is 5.32 Å². The van der Waals surface area contributed by atoms with Crippen molar-refractivity contribution in [2.45, 2.75) is 19.8 Å². The van der Waals surface area contributed by atoms with E-state index < -0.39 is 0 Å². The second-order valence-corrected chi connectivity index (χ2v) is 4.36. The number of benzene rings is 1. The minimum Gasteiger partial charge on any atom is -0.370 e. The number of primary amides is 1. The molecule has 106 valence electrons. The van der Waals surface area contributed by atoms with Gasteiger partial charge in [0, 0.05) is 24.1 Å². The third-order valence-corrected chi connectivity index (χ3v) is 2.70. The van der Waals surface area contributed by atoms with Crippen molar-refractivity contribution in [3.05, 3.63) is 34.9 Å². The summed E-state index contributed by atoms with van der Waals surface area (Å²) in [5.41, 5.74) is 12.7. The van der Waals surface area contributed by atoms with E-state index in [1.54, 1.807) is 18.2 Å². The summed E-state index contributed by atoms with van der Waals surface area (Å²) in [7, 11) is 0. The van der Waals surface area contributed by atoms with Gasteiger partial charge >= 0.3 is 0 Å². The van der Waals surface area contributed by atoms with Crippen LogP contribution >= 0.6 is 0 Å². The van der Waals surface area contributed by atoms with Gasteiger partial charge in [-0.25, -0.2) is 0 Å². The monoisotopic (exact) mass is 273 g/mol. The van der Waals surface area contributed by atoms with Gasteiger partial charge in [-0.1, -0.05) is 11.8 Å². The van der Waals surface area contributed by atoms with Crippen molar-refractivity contribution in [1.29, 1.82) is 0 Å². The Morgan fingerprint density at radius 1 is 1.35 bits per heavy atom. The highest BCUT2D eigenvalue weighted by molar-refractivity contribution is 5.94. The Morgan fingerprint density at radius 3 is 2.70 bits per heavy atom. The maximum absolute atomic E-state index is 11.9. The Bertz CT molecular complexity index is 556. The van der Waals surface area contributed by atoms with E-state index in [9.17, 15) is 9.59 Å². The molecule has 0 aliphatic carbocycles. The number of rotatable bonds is 5. The van der Waals surface area contributed by atoms with Gasteiger partial charge < -0.3 is 16.8 Å². The lowest BCUT2D eigenvalue weighted by atomic mass is 10.0. The number of hydrogen-bond donors (Lipinski definition) is 3. The first kappa shape index (κ1) is 15.7. The Morgan fingerprint density at radius 2 is 2.10 bits per heavy atom. The molecule has 20 heavy (non-hydrogen) atoms. The van der Waals surface area contributed by atoms with Gasteiger partial charge in [-0.15, -0.1) is 0 Å².